The summed E-state index contributed by atoms with van der Waals surface area (Å²) in [5.41, 5.74) is 0.988. The summed E-state index contributed by atoms with van der Waals surface area (Å²) in [6, 6.07) is 6.71. The zero-order valence-corrected chi connectivity index (χ0v) is 11.3. The topological polar surface area (TPSA) is 64.4 Å². The minimum atomic E-state index is -0.392. The molecule has 0 radical (unpaired) electrons. The number of hydrogen-bond donors (Lipinski definition) is 1. The van der Waals surface area contributed by atoms with Crippen molar-refractivity contribution in [2.24, 2.45) is 0 Å². The molecule has 5 heteroatoms. The quantitative estimate of drug-likeness (QED) is 0.624. The van der Waals surface area contributed by atoms with Crippen LogP contribution in [0.1, 0.15) is 32.4 Å². The second-order valence-corrected chi connectivity index (χ2v) is 5.03. The van der Waals surface area contributed by atoms with E-state index in [1.165, 1.54) is 12.1 Å². The summed E-state index contributed by atoms with van der Waals surface area (Å²) in [5, 5.41) is 14.0. The first kappa shape index (κ1) is 14.6. The number of hydrogen-bond acceptors (Lipinski definition) is 4. The molecule has 0 heterocycles. The van der Waals surface area contributed by atoms with Crippen LogP contribution in [0.3, 0.4) is 0 Å². The number of nitro groups is 1. The smallest absolute Gasteiger partial charge is 0.269 e. The number of nitrogens with one attached hydrogen (secondary N) is 1. The van der Waals surface area contributed by atoms with Crippen molar-refractivity contribution in [3.05, 3.63) is 39.9 Å². The second-order valence-electron chi connectivity index (χ2n) is 5.03. The van der Waals surface area contributed by atoms with Crippen LogP contribution in [0.2, 0.25) is 0 Å². The number of non-ortho nitro benzene ring substituents is 1. The highest BCUT2D eigenvalue weighted by Gasteiger charge is 2.20. The fraction of sp³-hybridized carbons (Fsp3) is 0.538. The van der Waals surface area contributed by atoms with Crippen LogP contribution in [-0.4, -0.2) is 24.2 Å². The van der Waals surface area contributed by atoms with E-state index < -0.39 is 4.92 Å². The molecule has 0 bridgehead atoms. The van der Waals surface area contributed by atoms with Gasteiger partial charge in [-0.05, 0) is 26.3 Å². The Kier molecular flexibility index (Phi) is 4.81. The Balaban J connectivity index is 2.72. The maximum atomic E-state index is 10.6. The Morgan fingerprint density at radius 1 is 1.39 bits per heavy atom. The van der Waals surface area contributed by atoms with Gasteiger partial charge in [-0.1, -0.05) is 12.1 Å². The Labute approximate surface area is 107 Å². The van der Waals surface area contributed by atoms with E-state index >= 15 is 0 Å². The summed E-state index contributed by atoms with van der Waals surface area (Å²) in [5.74, 6) is 0. The Hall–Kier alpha value is -1.46. The summed E-state index contributed by atoms with van der Waals surface area (Å²) < 4.78 is 5.14. The van der Waals surface area contributed by atoms with Gasteiger partial charge < -0.3 is 10.1 Å². The van der Waals surface area contributed by atoms with Gasteiger partial charge in [-0.25, -0.2) is 0 Å². The molecule has 0 aliphatic rings. The lowest BCUT2D eigenvalue weighted by Crippen LogP contribution is -2.44. The van der Waals surface area contributed by atoms with Gasteiger partial charge in [-0.3, -0.25) is 10.1 Å². The minimum Gasteiger partial charge on any atom is -0.383 e. The zero-order valence-electron chi connectivity index (χ0n) is 11.3. The molecule has 1 aromatic carbocycles. The van der Waals surface area contributed by atoms with E-state index in [4.69, 9.17) is 4.74 Å². The number of benzene rings is 1. The second kappa shape index (κ2) is 5.93. The fourth-order valence-corrected chi connectivity index (χ4v) is 1.96. The van der Waals surface area contributed by atoms with Crippen LogP contribution in [0.5, 0.6) is 0 Å². The predicted octanol–water partition coefficient (Wildman–Crippen LogP) is 2.67. The first-order valence-corrected chi connectivity index (χ1v) is 5.87. The van der Waals surface area contributed by atoms with Gasteiger partial charge in [0.25, 0.3) is 5.69 Å². The Bertz CT molecular complexity index is 401. The van der Waals surface area contributed by atoms with Gasteiger partial charge in [0.1, 0.15) is 0 Å². The molecular weight excluding hydrogens is 232 g/mol. The van der Waals surface area contributed by atoms with E-state index in [0.717, 1.165) is 5.56 Å². The van der Waals surface area contributed by atoms with Crippen molar-refractivity contribution in [3.8, 4) is 0 Å². The summed E-state index contributed by atoms with van der Waals surface area (Å²) in [6.45, 7) is 6.74. The lowest BCUT2D eigenvalue weighted by Gasteiger charge is -2.29. The molecule has 1 rings (SSSR count). The molecule has 0 aliphatic heterocycles. The maximum Gasteiger partial charge on any atom is 0.269 e. The molecule has 1 atom stereocenters. The number of nitrogens with zero attached hydrogens (tertiary/aromatic N) is 1. The first-order chi connectivity index (χ1) is 8.35. The van der Waals surface area contributed by atoms with Crippen molar-refractivity contribution in [3.63, 3.8) is 0 Å². The van der Waals surface area contributed by atoms with E-state index in [1.54, 1.807) is 19.2 Å². The van der Waals surface area contributed by atoms with Crippen LogP contribution in [0.25, 0.3) is 0 Å². The SMILES string of the molecule is COCC(C)(C)N[C@@H](C)c1ccc([N+](=O)[O-])cc1. The van der Waals surface area contributed by atoms with Gasteiger partial charge in [0.2, 0.25) is 0 Å². The summed E-state index contributed by atoms with van der Waals surface area (Å²) >= 11 is 0. The largest absolute Gasteiger partial charge is 0.383 e. The molecule has 5 nitrogen and oxygen atoms in total. The lowest BCUT2D eigenvalue weighted by molar-refractivity contribution is -0.384. The van der Waals surface area contributed by atoms with Crippen molar-refractivity contribution in [2.75, 3.05) is 13.7 Å². The van der Waals surface area contributed by atoms with Crippen molar-refractivity contribution in [1.82, 2.24) is 5.32 Å². The molecule has 18 heavy (non-hydrogen) atoms. The van der Waals surface area contributed by atoms with Gasteiger partial charge >= 0.3 is 0 Å². The van der Waals surface area contributed by atoms with E-state index in [0.29, 0.717) is 6.61 Å². The van der Waals surface area contributed by atoms with Crippen LogP contribution in [0.4, 0.5) is 5.69 Å². The maximum absolute atomic E-state index is 10.6. The number of methoxy groups -OCH3 is 1. The monoisotopic (exact) mass is 252 g/mol. The van der Waals surface area contributed by atoms with Crippen LogP contribution >= 0.6 is 0 Å². The normalized spacial score (nSPS) is 13.3. The van der Waals surface area contributed by atoms with Crippen LogP contribution in [-0.2, 0) is 4.74 Å². The summed E-state index contributed by atoms with van der Waals surface area (Å²) in [4.78, 5) is 10.2. The average molecular weight is 252 g/mol. The first-order valence-electron chi connectivity index (χ1n) is 5.87. The van der Waals surface area contributed by atoms with Gasteiger partial charge in [0.15, 0.2) is 0 Å². The molecule has 100 valence electrons. The average Bonchev–Trinajstić information content (AvgIpc) is 2.28. The molecule has 1 N–H and O–H groups in total. The molecule has 0 unspecified atom stereocenters. The van der Waals surface area contributed by atoms with Crippen LogP contribution < -0.4 is 5.32 Å². The van der Waals surface area contributed by atoms with Gasteiger partial charge in [-0.2, -0.15) is 0 Å². The highest BCUT2D eigenvalue weighted by molar-refractivity contribution is 5.34. The molecule has 1 aromatic rings. The molecule has 0 fully saturated rings. The Morgan fingerprint density at radius 2 is 1.94 bits per heavy atom. The minimum absolute atomic E-state index is 0.107. The molecule has 0 aromatic heterocycles. The molecule has 0 spiro atoms. The van der Waals surface area contributed by atoms with Crippen molar-refractivity contribution in [2.45, 2.75) is 32.4 Å². The molecule has 0 amide bonds. The van der Waals surface area contributed by atoms with Crippen molar-refractivity contribution >= 4 is 5.69 Å². The van der Waals surface area contributed by atoms with E-state index in [2.05, 4.69) is 19.2 Å². The van der Waals surface area contributed by atoms with Gasteiger partial charge in [0.05, 0.1) is 11.5 Å². The fourth-order valence-electron chi connectivity index (χ4n) is 1.96. The Morgan fingerprint density at radius 3 is 2.39 bits per heavy atom. The lowest BCUT2D eigenvalue weighted by atomic mass is 10.0. The zero-order chi connectivity index (χ0) is 13.8. The number of nitro benzene ring substituents is 1. The van der Waals surface area contributed by atoms with Crippen molar-refractivity contribution in [1.29, 1.82) is 0 Å². The highest BCUT2D eigenvalue weighted by atomic mass is 16.6. The standard InChI is InChI=1S/C13H20N2O3/c1-10(14-13(2,3)9-18-4)11-5-7-12(8-6-11)15(16)17/h5-8,10,14H,9H2,1-4H3/t10-/m0/s1. The number of rotatable bonds is 6. The predicted molar refractivity (Wildman–Crippen MR) is 70.6 cm³/mol. The van der Waals surface area contributed by atoms with E-state index in [-0.39, 0.29) is 17.3 Å². The third-order valence-electron chi connectivity index (χ3n) is 2.72. The molecule has 0 saturated heterocycles. The van der Waals surface area contributed by atoms with E-state index in [9.17, 15) is 10.1 Å². The summed E-state index contributed by atoms with van der Waals surface area (Å²) in [6.07, 6.45) is 0. The van der Waals surface area contributed by atoms with Gasteiger partial charge in [-0.15, -0.1) is 0 Å². The van der Waals surface area contributed by atoms with Crippen molar-refractivity contribution < 1.29 is 9.66 Å². The highest BCUT2D eigenvalue weighted by Crippen LogP contribution is 2.19. The number of ether oxygens (including phenoxy) is 1. The van der Waals surface area contributed by atoms with Crippen LogP contribution in [0, 0.1) is 10.1 Å². The summed E-state index contributed by atoms with van der Waals surface area (Å²) in [7, 11) is 1.67. The third-order valence-corrected chi connectivity index (χ3v) is 2.72. The molecular formula is C13H20N2O3. The van der Waals surface area contributed by atoms with Gasteiger partial charge in [0, 0.05) is 30.8 Å². The van der Waals surface area contributed by atoms with E-state index in [1.807, 2.05) is 6.92 Å². The van der Waals surface area contributed by atoms with Crippen LogP contribution in [0.15, 0.2) is 24.3 Å². The third kappa shape index (κ3) is 4.09. The molecule has 0 aliphatic carbocycles. The molecule has 0 saturated carbocycles.